The van der Waals surface area contributed by atoms with Crippen molar-refractivity contribution in [1.29, 1.82) is 0 Å². The van der Waals surface area contributed by atoms with Crippen molar-refractivity contribution in [1.82, 2.24) is 4.57 Å². The molecule has 1 aliphatic rings. The van der Waals surface area contributed by atoms with Gasteiger partial charge in [-0.3, -0.25) is 4.79 Å². The van der Waals surface area contributed by atoms with Crippen molar-refractivity contribution in [2.45, 2.75) is 77.4 Å². The first-order chi connectivity index (χ1) is 17.2. The number of hydrogen-bond acceptors (Lipinski definition) is 4. The Hall–Kier alpha value is -2.96. The molecule has 0 N–H and O–H groups in total. The van der Waals surface area contributed by atoms with Crippen LogP contribution < -0.4 is 0 Å². The molecular formula is C30H36FNO4. The highest BCUT2D eigenvalue weighted by molar-refractivity contribution is 5.85. The van der Waals surface area contributed by atoms with Crippen LogP contribution in [0.5, 0.6) is 0 Å². The molecule has 0 bridgehead atoms. The predicted molar refractivity (Wildman–Crippen MR) is 139 cm³/mol. The van der Waals surface area contributed by atoms with E-state index in [4.69, 9.17) is 14.2 Å². The van der Waals surface area contributed by atoms with Gasteiger partial charge in [-0.05, 0) is 63.8 Å². The highest BCUT2D eigenvalue weighted by atomic mass is 19.1. The van der Waals surface area contributed by atoms with Crippen LogP contribution in [-0.4, -0.2) is 35.6 Å². The molecule has 0 aliphatic carbocycles. The van der Waals surface area contributed by atoms with Gasteiger partial charge in [0.1, 0.15) is 5.82 Å². The number of carbonyl (C=O) groups is 1. The van der Waals surface area contributed by atoms with E-state index in [-0.39, 0.29) is 36.5 Å². The van der Waals surface area contributed by atoms with Crippen LogP contribution in [-0.2, 0) is 25.4 Å². The lowest BCUT2D eigenvalue weighted by Crippen LogP contribution is -2.45. The summed E-state index contributed by atoms with van der Waals surface area (Å²) in [6, 6.07) is 17.3. The van der Waals surface area contributed by atoms with Crippen LogP contribution in [0.1, 0.15) is 58.7 Å². The number of carbonyl (C=O) groups excluding carboxylic acids is 1. The zero-order valence-corrected chi connectivity index (χ0v) is 21.8. The molecule has 192 valence electrons. The van der Waals surface area contributed by atoms with Crippen molar-refractivity contribution < 1.29 is 23.4 Å². The number of rotatable bonds is 8. The molecular weight excluding hydrogens is 457 g/mol. The molecule has 1 aromatic heterocycles. The fourth-order valence-corrected chi connectivity index (χ4v) is 5.14. The number of halogens is 1. The summed E-state index contributed by atoms with van der Waals surface area (Å²) in [5.74, 6) is -1.31. The smallest absolute Gasteiger partial charge is 0.308 e. The van der Waals surface area contributed by atoms with E-state index in [1.54, 1.807) is 0 Å². The molecule has 2 atom stereocenters. The topological polar surface area (TPSA) is 49.7 Å². The van der Waals surface area contributed by atoms with Crippen LogP contribution in [0.4, 0.5) is 4.39 Å². The van der Waals surface area contributed by atoms with Gasteiger partial charge in [-0.15, -0.1) is 0 Å². The third kappa shape index (κ3) is 6.05. The van der Waals surface area contributed by atoms with Crippen LogP contribution in [0.2, 0.25) is 0 Å². The summed E-state index contributed by atoms with van der Waals surface area (Å²) < 4.78 is 33.2. The van der Waals surface area contributed by atoms with E-state index >= 15 is 0 Å². The maximum absolute atomic E-state index is 13.8. The fourth-order valence-electron chi connectivity index (χ4n) is 5.14. The number of nitrogens with zero attached hydrogens (tertiary/aromatic N) is 1. The molecule has 2 heterocycles. The van der Waals surface area contributed by atoms with Crippen molar-refractivity contribution in [2.75, 3.05) is 7.11 Å². The van der Waals surface area contributed by atoms with E-state index in [9.17, 15) is 9.18 Å². The Morgan fingerprint density at radius 1 is 1.06 bits per heavy atom. The Morgan fingerprint density at radius 3 is 2.36 bits per heavy atom. The summed E-state index contributed by atoms with van der Waals surface area (Å²) in [5.41, 5.74) is 5.54. The van der Waals surface area contributed by atoms with Crippen LogP contribution in [0.25, 0.3) is 22.3 Å². The monoisotopic (exact) mass is 493 g/mol. The summed E-state index contributed by atoms with van der Waals surface area (Å²) in [7, 11) is 1.39. The lowest BCUT2D eigenvalue weighted by atomic mass is 9.94. The van der Waals surface area contributed by atoms with Gasteiger partial charge in [0.05, 0.1) is 25.7 Å². The van der Waals surface area contributed by atoms with Crippen molar-refractivity contribution in [3.05, 3.63) is 72.3 Å². The average molecular weight is 494 g/mol. The van der Waals surface area contributed by atoms with Gasteiger partial charge in [0, 0.05) is 35.5 Å². The molecule has 36 heavy (non-hydrogen) atoms. The number of hydrogen-bond donors (Lipinski definition) is 0. The van der Waals surface area contributed by atoms with Gasteiger partial charge in [-0.2, -0.15) is 0 Å². The molecule has 0 spiro atoms. The van der Waals surface area contributed by atoms with Crippen LogP contribution >= 0.6 is 0 Å². The third-order valence-corrected chi connectivity index (χ3v) is 6.66. The van der Waals surface area contributed by atoms with Crippen LogP contribution in [0.3, 0.4) is 0 Å². The van der Waals surface area contributed by atoms with E-state index in [1.165, 1.54) is 24.9 Å². The number of ether oxygens (including phenoxy) is 3. The summed E-state index contributed by atoms with van der Waals surface area (Å²) >= 11 is 0. The lowest BCUT2D eigenvalue weighted by molar-refractivity contribution is -0.300. The van der Waals surface area contributed by atoms with Gasteiger partial charge in [0.2, 0.25) is 0 Å². The summed E-state index contributed by atoms with van der Waals surface area (Å²) in [6.45, 7) is 8.12. The first-order valence-corrected chi connectivity index (χ1v) is 12.6. The second kappa shape index (κ2) is 11.0. The van der Waals surface area contributed by atoms with E-state index in [0.29, 0.717) is 6.42 Å². The summed E-state index contributed by atoms with van der Waals surface area (Å²) in [6.07, 6.45) is 4.26. The first-order valence-electron chi connectivity index (χ1n) is 12.6. The highest BCUT2D eigenvalue weighted by Gasteiger charge is 2.36. The minimum absolute atomic E-state index is 0.0693. The van der Waals surface area contributed by atoms with Gasteiger partial charge < -0.3 is 18.8 Å². The first kappa shape index (κ1) is 26.1. The molecule has 2 aromatic carbocycles. The van der Waals surface area contributed by atoms with Crippen molar-refractivity contribution in [3.63, 3.8) is 0 Å². The summed E-state index contributed by atoms with van der Waals surface area (Å²) in [5, 5.41) is 0. The van der Waals surface area contributed by atoms with Crippen molar-refractivity contribution in [2.24, 2.45) is 0 Å². The van der Waals surface area contributed by atoms with E-state index in [2.05, 4.69) is 36.7 Å². The molecule has 6 heteroatoms. The van der Waals surface area contributed by atoms with Gasteiger partial charge in [-0.1, -0.05) is 42.5 Å². The van der Waals surface area contributed by atoms with E-state index in [1.807, 2.05) is 44.2 Å². The zero-order valence-electron chi connectivity index (χ0n) is 21.8. The second-order valence-corrected chi connectivity index (χ2v) is 10.2. The zero-order chi connectivity index (χ0) is 25.9. The highest BCUT2D eigenvalue weighted by Crippen LogP contribution is 2.40. The average Bonchev–Trinajstić information content (AvgIpc) is 3.22. The molecule has 4 rings (SSSR count). The Bertz CT molecular complexity index is 1170. The minimum Gasteiger partial charge on any atom is -0.469 e. The van der Waals surface area contributed by atoms with Crippen LogP contribution in [0, 0.1) is 5.82 Å². The normalized spacial score (nSPS) is 19.4. The molecule has 1 aliphatic heterocycles. The standard InChI is InChI=1S/C30H36FNO4/c1-20(2)32-19-26(21-9-7-6-8-10-21)29(22-11-13-23(31)14-12-22)27(32)16-15-24-17-25(18-28(33)34-5)36-30(3,4)35-24/h6-14,19-20,24-25H,15-18H2,1-5H3. The predicted octanol–water partition coefficient (Wildman–Crippen LogP) is 6.95. The number of benzene rings is 2. The largest absolute Gasteiger partial charge is 0.469 e. The molecule has 1 fully saturated rings. The molecule has 0 amide bonds. The van der Waals surface area contributed by atoms with Crippen LogP contribution in [0.15, 0.2) is 60.8 Å². The molecule has 1 saturated heterocycles. The van der Waals surface area contributed by atoms with Crippen molar-refractivity contribution in [3.8, 4) is 22.3 Å². The Morgan fingerprint density at radius 2 is 1.72 bits per heavy atom. The maximum Gasteiger partial charge on any atom is 0.308 e. The van der Waals surface area contributed by atoms with Gasteiger partial charge in [-0.25, -0.2) is 4.39 Å². The Labute approximate surface area is 213 Å². The second-order valence-electron chi connectivity index (χ2n) is 10.2. The van der Waals surface area contributed by atoms with Gasteiger partial charge in [0.15, 0.2) is 5.79 Å². The van der Waals surface area contributed by atoms with Crippen molar-refractivity contribution >= 4 is 5.97 Å². The number of aromatic nitrogens is 1. The summed E-state index contributed by atoms with van der Waals surface area (Å²) in [4.78, 5) is 11.9. The van der Waals surface area contributed by atoms with Gasteiger partial charge in [0.25, 0.3) is 0 Å². The SMILES string of the molecule is COC(=O)CC1CC(CCc2c(-c3ccc(F)cc3)c(-c3ccccc3)cn2C(C)C)OC(C)(C)O1. The third-order valence-electron chi connectivity index (χ3n) is 6.66. The Balaban J connectivity index is 1.69. The molecule has 2 unspecified atom stereocenters. The quantitative estimate of drug-likeness (QED) is 0.319. The minimum atomic E-state index is -0.781. The molecule has 5 nitrogen and oxygen atoms in total. The molecule has 0 saturated carbocycles. The van der Waals surface area contributed by atoms with E-state index in [0.717, 1.165) is 35.1 Å². The lowest BCUT2D eigenvalue weighted by Gasteiger charge is -2.40. The molecule has 0 radical (unpaired) electrons. The Kier molecular flexibility index (Phi) is 7.96. The fraction of sp³-hybridized carbons (Fsp3) is 0.433. The maximum atomic E-state index is 13.8. The number of methoxy groups -OCH3 is 1. The number of esters is 1. The van der Waals surface area contributed by atoms with E-state index < -0.39 is 5.79 Å². The van der Waals surface area contributed by atoms with Gasteiger partial charge >= 0.3 is 5.97 Å². The molecule has 3 aromatic rings.